The average molecular weight is 550 g/mol. The molecule has 3 N–H and O–H groups in total. The summed E-state index contributed by atoms with van der Waals surface area (Å²) in [5.74, 6) is -0.873. The fourth-order valence-corrected chi connectivity index (χ4v) is 7.11. The average Bonchev–Trinajstić information content (AvgIpc) is 3.36. The van der Waals surface area contributed by atoms with Crippen LogP contribution in [0.4, 0.5) is 0 Å². The highest BCUT2D eigenvalue weighted by atomic mass is 32.2. The Bertz CT molecular complexity index is 1210. The molecular weight excluding hydrogens is 516 g/mol. The number of carbonyl (C=O) groups is 3. The zero-order chi connectivity index (χ0) is 26.4. The molecule has 37 heavy (non-hydrogen) atoms. The minimum atomic E-state index is -4.12. The van der Waals surface area contributed by atoms with E-state index in [0.717, 1.165) is 30.0 Å². The quantitative estimate of drug-likeness (QED) is 0.340. The molecule has 2 aromatic rings. The van der Waals surface area contributed by atoms with Gasteiger partial charge in [0.1, 0.15) is 6.04 Å². The van der Waals surface area contributed by atoms with Gasteiger partial charge in [0.15, 0.2) is 5.78 Å². The summed E-state index contributed by atoms with van der Waals surface area (Å²) < 4.78 is 27.7. The lowest BCUT2D eigenvalue weighted by atomic mass is 9.84. The van der Waals surface area contributed by atoms with E-state index in [1.165, 1.54) is 42.2 Å². The topological polar surface area (TPSA) is 137 Å². The monoisotopic (exact) mass is 549 g/mol. The SMILES string of the molecule is O=C(N[C@@H](CC1CCCCC1)C(=O)NC1CCCN(S(=O)(=O)c2cccc[n+]2O)CC1=O)c1cccs1. The lowest BCUT2D eigenvalue weighted by Gasteiger charge is -2.27. The van der Waals surface area contributed by atoms with E-state index < -0.39 is 40.3 Å². The molecule has 200 valence electrons. The van der Waals surface area contributed by atoms with Gasteiger partial charge in [-0.05, 0) is 42.7 Å². The highest BCUT2D eigenvalue weighted by Gasteiger charge is 2.38. The maximum atomic E-state index is 13.3. The Balaban J connectivity index is 1.44. The van der Waals surface area contributed by atoms with Crippen molar-refractivity contribution in [2.24, 2.45) is 5.92 Å². The number of ketones is 1. The number of sulfonamides is 1. The van der Waals surface area contributed by atoms with Gasteiger partial charge in [-0.15, -0.1) is 11.3 Å². The van der Waals surface area contributed by atoms with Crippen LogP contribution < -0.4 is 15.4 Å². The highest BCUT2D eigenvalue weighted by Crippen LogP contribution is 2.28. The first-order valence-electron chi connectivity index (χ1n) is 12.6. The van der Waals surface area contributed by atoms with Crippen LogP contribution in [0.2, 0.25) is 0 Å². The Hall–Kier alpha value is -2.83. The van der Waals surface area contributed by atoms with Gasteiger partial charge in [0.2, 0.25) is 12.1 Å². The number of thiophene rings is 1. The summed E-state index contributed by atoms with van der Waals surface area (Å²) in [4.78, 5) is 39.7. The first-order chi connectivity index (χ1) is 17.8. The number of nitrogens with zero attached hydrogens (tertiary/aromatic N) is 2. The van der Waals surface area contributed by atoms with E-state index in [4.69, 9.17) is 0 Å². The molecule has 1 unspecified atom stereocenters. The molecule has 2 aromatic heterocycles. The summed E-state index contributed by atoms with van der Waals surface area (Å²) in [7, 11) is -4.12. The third-order valence-corrected chi connectivity index (χ3v) is 9.72. The number of nitrogens with one attached hydrogen (secondary N) is 2. The molecule has 1 aliphatic heterocycles. The number of carbonyl (C=O) groups excluding carboxylic acids is 3. The summed E-state index contributed by atoms with van der Waals surface area (Å²) in [5.41, 5.74) is 0. The van der Waals surface area contributed by atoms with Crippen LogP contribution in [0, 0.1) is 5.92 Å². The summed E-state index contributed by atoms with van der Waals surface area (Å²) in [6, 6.07) is 6.05. The normalized spacial score (nSPS) is 20.6. The number of hydrogen-bond donors (Lipinski definition) is 3. The van der Waals surface area contributed by atoms with E-state index in [-0.39, 0.29) is 23.9 Å². The number of rotatable bonds is 8. The van der Waals surface area contributed by atoms with Gasteiger partial charge in [-0.1, -0.05) is 38.2 Å². The molecule has 0 aromatic carbocycles. The van der Waals surface area contributed by atoms with Crippen molar-refractivity contribution in [3.63, 3.8) is 0 Å². The minimum Gasteiger partial charge on any atom is -0.344 e. The maximum Gasteiger partial charge on any atom is 0.361 e. The van der Waals surface area contributed by atoms with Gasteiger partial charge in [0, 0.05) is 23.4 Å². The van der Waals surface area contributed by atoms with Crippen molar-refractivity contribution < 1.29 is 32.7 Å². The lowest BCUT2D eigenvalue weighted by Crippen LogP contribution is -2.53. The predicted octanol–water partition coefficient (Wildman–Crippen LogP) is 1.88. The zero-order valence-corrected chi connectivity index (χ0v) is 22.2. The van der Waals surface area contributed by atoms with Crippen molar-refractivity contribution >= 4 is 39.0 Å². The van der Waals surface area contributed by atoms with Crippen molar-refractivity contribution in [1.82, 2.24) is 14.9 Å². The van der Waals surface area contributed by atoms with Crippen LogP contribution in [-0.4, -0.2) is 60.7 Å². The molecule has 10 nitrogen and oxygen atoms in total. The van der Waals surface area contributed by atoms with Gasteiger partial charge in [-0.2, -0.15) is 4.31 Å². The second-order valence-electron chi connectivity index (χ2n) is 9.63. The third kappa shape index (κ3) is 6.74. The van der Waals surface area contributed by atoms with Crippen molar-refractivity contribution in [2.75, 3.05) is 13.1 Å². The molecule has 2 amide bonds. The van der Waals surface area contributed by atoms with Crippen molar-refractivity contribution in [2.45, 2.75) is 68.5 Å². The molecule has 2 atom stereocenters. The van der Waals surface area contributed by atoms with Gasteiger partial charge < -0.3 is 10.6 Å². The van der Waals surface area contributed by atoms with E-state index >= 15 is 0 Å². The summed E-state index contributed by atoms with van der Waals surface area (Å²) in [6.45, 7) is -0.340. The first kappa shape index (κ1) is 27.2. The molecule has 3 heterocycles. The lowest BCUT2D eigenvalue weighted by molar-refractivity contribution is -0.933. The number of aromatic nitrogens is 1. The fourth-order valence-electron chi connectivity index (χ4n) is 5.01. The van der Waals surface area contributed by atoms with Gasteiger partial charge in [-0.3, -0.25) is 19.6 Å². The molecule has 2 aliphatic rings. The highest BCUT2D eigenvalue weighted by molar-refractivity contribution is 7.89. The number of amides is 2. The van der Waals surface area contributed by atoms with Crippen LogP contribution >= 0.6 is 11.3 Å². The molecule has 2 fully saturated rings. The van der Waals surface area contributed by atoms with E-state index in [9.17, 15) is 28.0 Å². The van der Waals surface area contributed by atoms with Gasteiger partial charge >= 0.3 is 15.0 Å². The molecule has 1 aliphatic carbocycles. The Morgan fingerprint density at radius 1 is 1.11 bits per heavy atom. The molecule has 0 radical (unpaired) electrons. The second-order valence-corrected chi connectivity index (χ2v) is 12.5. The van der Waals surface area contributed by atoms with Crippen LogP contribution in [-0.2, 0) is 19.6 Å². The van der Waals surface area contributed by atoms with E-state index in [1.807, 2.05) is 0 Å². The minimum absolute atomic E-state index is 0.0793. The van der Waals surface area contributed by atoms with Crippen LogP contribution in [0.15, 0.2) is 46.9 Å². The van der Waals surface area contributed by atoms with Crippen LogP contribution in [0.3, 0.4) is 0 Å². The van der Waals surface area contributed by atoms with E-state index in [2.05, 4.69) is 10.6 Å². The summed E-state index contributed by atoms with van der Waals surface area (Å²) in [6.07, 6.45) is 7.68. The zero-order valence-electron chi connectivity index (χ0n) is 20.5. The number of Topliss-reactive ketones (excluding diaryl/α,β-unsaturated/α-hetero) is 1. The number of hydrogen-bond acceptors (Lipinski definition) is 7. The fraction of sp³-hybridized carbons (Fsp3) is 0.520. The van der Waals surface area contributed by atoms with Crippen LogP contribution in [0.5, 0.6) is 0 Å². The smallest absolute Gasteiger partial charge is 0.344 e. The second kappa shape index (κ2) is 12.1. The maximum absolute atomic E-state index is 13.3. The van der Waals surface area contributed by atoms with Crippen molar-refractivity contribution in [3.8, 4) is 0 Å². The summed E-state index contributed by atoms with van der Waals surface area (Å²) in [5, 5.41) is 17.1. The van der Waals surface area contributed by atoms with E-state index in [0.29, 0.717) is 28.4 Å². The summed E-state index contributed by atoms with van der Waals surface area (Å²) >= 11 is 1.29. The molecular formula is C25H33N4O6S2+. The van der Waals surface area contributed by atoms with Gasteiger partial charge in [0.05, 0.1) is 17.5 Å². The standard InChI is InChI=1S/C25H32N4O6S2/c30-21-17-28(37(34,35)23-12-4-5-14-29(23)33)13-6-10-19(21)26-24(31)20(16-18-8-2-1-3-9-18)27-25(32)22-11-7-15-36-22/h4-5,7,11-12,14-15,18-20H,1-3,6,8-10,13,16-17H2,(H2-,26,27,31,32,33)/p+1/t19?,20-/m0/s1. The molecule has 4 rings (SSSR count). The van der Waals surface area contributed by atoms with E-state index in [1.54, 1.807) is 17.5 Å². The molecule has 0 bridgehead atoms. The molecule has 0 spiro atoms. The van der Waals surface area contributed by atoms with Gasteiger partial charge in [-0.25, -0.2) is 8.42 Å². The Morgan fingerprint density at radius 2 is 1.89 bits per heavy atom. The van der Waals surface area contributed by atoms with Crippen LogP contribution in [0.25, 0.3) is 0 Å². The molecule has 12 heteroatoms. The molecule has 1 saturated heterocycles. The van der Waals surface area contributed by atoms with Crippen molar-refractivity contribution in [3.05, 3.63) is 46.8 Å². The Kier molecular flexibility index (Phi) is 8.93. The van der Waals surface area contributed by atoms with Crippen molar-refractivity contribution in [1.29, 1.82) is 0 Å². The van der Waals surface area contributed by atoms with Crippen LogP contribution in [0.1, 0.15) is 61.0 Å². The third-order valence-electron chi connectivity index (χ3n) is 7.01. The first-order valence-corrected chi connectivity index (χ1v) is 14.9. The Labute approximate surface area is 220 Å². The largest absolute Gasteiger partial charge is 0.361 e. The van der Waals surface area contributed by atoms with Gasteiger partial charge in [0.25, 0.3) is 5.91 Å². The molecule has 1 saturated carbocycles. The predicted molar refractivity (Wildman–Crippen MR) is 136 cm³/mol. The number of pyridine rings is 1. The Morgan fingerprint density at radius 3 is 2.59 bits per heavy atom.